The summed E-state index contributed by atoms with van der Waals surface area (Å²) in [5.74, 6) is -2.34. The molecule has 0 radical (unpaired) electrons. The second-order valence-corrected chi connectivity index (χ2v) is 19.5. The van der Waals surface area contributed by atoms with Crippen LogP contribution in [0.5, 0.6) is 11.6 Å². The Morgan fingerprint density at radius 3 is 2.11 bits per heavy atom. The van der Waals surface area contributed by atoms with Gasteiger partial charge in [-0.15, -0.1) is 0 Å². The van der Waals surface area contributed by atoms with Gasteiger partial charge in [0.15, 0.2) is 0 Å². The number of aryl methyl sites for hydroxylation is 1. The Balaban J connectivity index is 1.34. The van der Waals surface area contributed by atoms with Crippen molar-refractivity contribution >= 4 is 39.4 Å². The Morgan fingerprint density at radius 1 is 0.797 bits per heavy atom. The quantitative estimate of drug-likeness (QED) is 0.0222. The molecule has 6 aromatic rings. The molecule has 19 nitrogen and oxygen atoms in total. The third-order valence-electron chi connectivity index (χ3n) is 12.1. The van der Waals surface area contributed by atoms with Gasteiger partial charge in [0, 0.05) is 35.2 Å². The third-order valence-corrected chi connectivity index (χ3v) is 12.9. The van der Waals surface area contributed by atoms with E-state index in [9.17, 15) is 58.0 Å². The molecule has 2 aromatic heterocycles. The molecule has 4 aromatic carbocycles. The number of pyridine rings is 2. The maximum absolute atomic E-state index is 14.5. The van der Waals surface area contributed by atoms with Gasteiger partial charge in [0.2, 0.25) is 17.7 Å². The van der Waals surface area contributed by atoms with Gasteiger partial charge in [0.25, 0.3) is 16.0 Å². The molecule has 0 spiro atoms. The van der Waals surface area contributed by atoms with Gasteiger partial charge in [0.1, 0.15) is 36.0 Å². The van der Waals surface area contributed by atoms with Crippen LogP contribution in [0.4, 0.5) is 5.82 Å². The van der Waals surface area contributed by atoms with E-state index < -0.39 is 75.7 Å². The molecular formula is C54H60N6O13S. The number of aliphatic hydroxyl groups is 5. The average molecular weight is 1030 g/mol. The van der Waals surface area contributed by atoms with Gasteiger partial charge in [-0.25, -0.2) is 15.0 Å². The minimum Gasteiger partial charge on any atom is -0.508 e. The minimum absolute atomic E-state index is 0.00998. The van der Waals surface area contributed by atoms with Gasteiger partial charge < -0.3 is 46.0 Å². The van der Waals surface area contributed by atoms with E-state index in [0.717, 1.165) is 50.6 Å². The van der Waals surface area contributed by atoms with Crippen molar-refractivity contribution in [3.05, 3.63) is 163 Å². The lowest BCUT2D eigenvalue weighted by atomic mass is 9.86. The van der Waals surface area contributed by atoms with Gasteiger partial charge in [-0.05, 0) is 84.8 Å². The largest absolute Gasteiger partial charge is 0.508 e. The number of rotatable bonds is 24. The molecule has 0 aliphatic carbocycles. The predicted molar refractivity (Wildman–Crippen MR) is 275 cm³/mol. The highest BCUT2D eigenvalue weighted by Gasteiger charge is 2.35. The molecule has 74 heavy (non-hydrogen) atoms. The number of aliphatic hydroxyl groups excluding tert-OH is 5. The number of aromatic nitrogens is 2. The lowest BCUT2D eigenvalue weighted by Gasteiger charge is -2.34. The molecule has 4 atom stereocenters. The number of carbonyl (C=O) groups is 3. The van der Waals surface area contributed by atoms with Gasteiger partial charge in [0.05, 0.1) is 47.8 Å². The first-order valence-electron chi connectivity index (χ1n) is 23.6. The Hall–Kier alpha value is -7.56. The topological polar surface area (TPSA) is 306 Å². The van der Waals surface area contributed by atoms with E-state index in [1.165, 1.54) is 42.6 Å². The van der Waals surface area contributed by atoms with Crippen LogP contribution in [0.1, 0.15) is 61.0 Å². The van der Waals surface area contributed by atoms with Crippen LogP contribution < -0.4 is 20.8 Å². The summed E-state index contributed by atoms with van der Waals surface area (Å²) in [5.41, 5.74) is 10.8. The lowest BCUT2D eigenvalue weighted by Crippen LogP contribution is -2.50. The standard InChI is InChI=1S/C54H60N6O13S/c1-54(2,26-9-10-28-73-47-31-39(36-13-5-3-6-14-36)30-43(57-47)37-15-7-4-8-16-37)53(69)58-60(48(65)25-22-35-20-23-40(62)24-21-35)32-44(38-17-11-18-41(29-38)74(70,71)72)59(52-42(51(55)68)19-12-27-56-52)33-45(63)49(66)50(67)46(64)34-61/h3-8,11-21,23-24,27,29-32,45-46,49-50,61-64,66-67H,9-10,22,25-26,28,33-34H2,1-2H3,(H2,55,68)(H,58,69)(H,70,71,72). The zero-order valence-corrected chi connectivity index (χ0v) is 41.5. The van der Waals surface area contributed by atoms with Gasteiger partial charge >= 0.3 is 0 Å². The third kappa shape index (κ3) is 15.0. The number of nitrogens with one attached hydrogen (secondary N) is 1. The average Bonchev–Trinajstić information content (AvgIpc) is 3.40. The van der Waals surface area contributed by atoms with Crippen molar-refractivity contribution in [2.45, 2.75) is 75.3 Å². The summed E-state index contributed by atoms with van der Waals surface area (Å²) in [6.45, 7) is 1.75. The summed E-state index contributed by atoms with van der Waals surface area (Å²) in [4.78, 5) is 51.5. The normalized spacial score (nSPS) is 13.5. The van der Waals surface area contributed by atoms with Crippen molar-refractivity contribution in [3.8, 4) is 34.0 Å². The van der Waals surface area contributed by atoms with Crippen LogP contribution in [-0.4, -0.2) is 120 Å². The number of benzene rings is 4. The predicted octanol–water partition coefficient (Wildman–Crippen LogP) is 4.87. The highest BCUT2D eigenvalue weighted by atomic mass is 32.2. The number of hydrogen-bond acceptors (Lipinski definition) is 15. The van der Waals surface area contributed by atoms with Crippen LogP contribution in [0.3, 0.4) is 0 Å². The van der Waals surface area contributed by atoms with Crippen LogP contribution in [0.15, 0.2) is 151 Å². The van der Waals surface area contributed by atoms with Gasteiger partial charge in [-0.3, -0.25) is 24.4 Å². The fourth-order valence-corrected chi connectivity index (χ4v) is 8.28. The Labute approximate surface area is 428 Å². The fourth-order valence-electron chi connectivity index (χ4n) is 7.75. The molecule has 20 heteroatoms. The number of anilines is 1. The first-order valence-corrected chi connectivity index (χ1v) is 25.0. The number of phenolic OH excluding ortho intramolecular Hbond substituents is 1. The minimum atomic E-state index is -4.90. The molecule has 10 N–H and O–H groups in total. The second kappa shape index (κ2) is 25.4. The number of unbranched alkanes of at least 4 members (excludes halogenated alkanes) is 1. The number of nitrogens with two attached hydrogens (primary N) is 1. The monoisotopic (exact) mass is 1030 g/mol. The SMILES string of the molecule is CC(C)(CCCCOc1cc(-c2ccccc2)cc(-c2ccccc2)n1)C(=O)NN(C=C(c1cccc(S(=O)(=O)O)c1)N(CC(O)C(O)C(O)C(O)CO)c1ncccc1C(N)=O)C(=O)CCc1ccc(O)cc1. The van der Waals surface area contributed by atoms with E-state index in [4.69, 9.17) is 15.5 Å². The van der Waals surface area contributed by atoms with E-state index >= 15 is 0 Å². The molecule has 6 rings (SSSR count). The maximum atomic E-state index is 14.5. The summed E-state index contributed by atoms with van der Waals surface area (Å²) in [6, 6.07) is 36.7. The van der Waals surface area contributed by atoms with E-state index in [-0.39, 0.29) is 54.3 Å². The molecule has 0 saturated carbocycles. The molecule has 0 saturated heterocycles. The van der Waals surface area contributed by atoms with Gasteiger partial charge in [-0.2, -0.15) is 8.42 Å². The molecule has 0 aliphatic rings. The van der Waals surface area contributed by atoms with E-state index in [1.54, 1.807) is 26.0 Å². The maximum Gasteiger partial charge on any atom is 0.294 e. The Morgan fingerprint density at radius 2 is 1.46 bits per heavy atom. The van der Waals surface area contributed by atoms with Crippen LogP contribution in [0, 0.1) is 5.41 Å². The van der Waals surface area contributed by atoms with Crippen molar-refractivity contribution in [1.29, 1.82) is 0 Å². The smallest absolute Gasteiger partial charge is 0.294 e. The number of ether oxygens (including phenoxy) is 1. The molecule has 390 valence electrons. The number of hydrazine groups is 1. The van der Waals surface area contributed by atoms with Crippen molar-refractivity contribution in [3.63, 3.8) is 0 Å². The van der Waals surface area contributed by atoms with E-state index in [1.807, 2.05) is 72.8 Å². The van der Waals surface area contributed by atoms with Crippen molar-refractivity contribution in [1.82, 2.24) is 20.4 Å². The number of carbonyl (C=O) groups excluding carboxylic acids is 3. The summed E-state index contributed by atoms with van der Waals surface area (Å²) < 4.78 is 41.4. The van der Waals surface area contributed by atoms with Crippen LogP contribution >= 0.6 is 0 Å². The van der Waals surface area contributed by atoms with Crippen molar-refractivity contribution in [2.75, 3.05) is 24.7 Å². The summed E-state index contributed by atoms with van der Waals surface area (Å²) in [7, 11) is -4.90. The van der Waals surface area contributed by atoms with E-state index in [2.05, 4.69) is 10.4 Å². The Bertz CT molecular complexity index is 2940. The molecule has 0 aliphatic heterocycles. The van der Waals surface area contributed by atoms with Crippen LogP contribution in [-0.2, 0) is 26.1 Å². The molecular weight excluding hydrogens is 973 g/mol. The van der Waals surface area contributed by atoms with Crippen molar-refractivity contribution < 1.29 is 62.7 Å². The Kier molecular flexibility index (Phi) is 19.1. The van der Waals surface area contributed by atoms with Gasteiger partial charge in [-0.1, -0.05) is 98.8 Å². The first kappa shape index (κ1) is 55.7. The first-order chi connectivity index (χ1) is 35.2. The van der Waals surface area contributed by atoms with Crippen molar-refractivity contribution in [2.24, 2.45) is 11.1 Å². The number of aromatic hydroxyl groups is 1. The van der Waals surface area contributed by atoms with Crippen LogP contribution in [0.2, 0.25) is 0 Å². The summed E-state index contributed by atoms with van der Waals surface area (Å²) >= 11 is 0. The number of primary amides is 1. The second-order valence-electron chi connectivity index (χ2n) is 18.0. The molecule has 0 bridgehead atoms. The highest BCUT2D eigenvalue weighted by Crippen LogP contribution is 2.33. The molecule has 4 unspecified atom stereocenters. The number of hydrogen-bond donors (Lipinski definition) is 9. The lowest BCUT2D eigenvalue weighted by molar-refractivity contribution is -0.142. The molecule has 2 heterocycles. The van der Waals surface area contributed by atoms with E-state index in [0.29, 0.717) is 24.3 Å². The number of nitrogens with zero attached hydrogens (tertiary/aromatic N) is 4. The zero-order chi connectivity index (χ0) is 53.6. The highest BCUT2D eigenvalue weighted by molar-refractivity contribution is 7.85. The van der Waals surface area contributed by atoms with Crippen LogP contribution in [0.25, 0.3) is 28.1 Å². The number of amides is 3. The zero-order valence-electron chi connectivity index (χ0n) is 40.7. The molecule has 0 fully saturated rings. The molecule has 3 amide bonds. The summed E-state index contributed by atoms with van der Waals surface area (Å²) in [6.07, 6.45) is -4.88. The summed E-state index contributed by atoms with van der Waals surface area (Å²) in [5, 5.41) is 63.4. The fraction of sp³-hybridized carbons (Fsp3) is 0.278. The number of phenols is 1.